The Bertz CT molecular complexity index is 850. The zero-order valence-electron chi connectivity index (χ0n) is 17.4. The first-order valence-corrected chi connectivity index (χ1v) is 9.41. The summed E-state index contributed by atoms with van der Waals surface area (Å²) in [6.45, 7) is 10.8. The quantitative estimate of drug-likeness (QED) is 0.610. The second-order valence-electron chi connectivity index (χ2n) is 7.40. The summed E-state index contributed by atoms with van der Waals surface area (Å²) in [5.41, 5.74) is 6.13. The first kappa shape index (κ1) is 23.6. The summed E-state index contributed by atoms with van der Waals surface area (Å²) in [6.07, 6.45) is 3.06. The molecule has 0 amide bonds. The van der Waals surface area contributed by atoms with Gasteiger partial charge in [-0.15, -0.1) is 0 Å². The molecule has 158 valence electrons. The van der Waals surface area contributed by atoms with Gasteiger partial charge < -0.3 is 25.3 Å². The lowest BCUT2D eigenvalue weighted by Gasteiger charge is -2.14. The average Bonchev–Trinajstić information content (AvgIpc) is 3.20. The molecule has 0 spiro atoms. The van der Waals surface area contributed by atoms with Gasteiger partial charge in [0.15, 0.2) is 5.65 Å². The van der Waals surface area contributed by atoms with Gasteiger partial charge in [-0.05, 0) is 46.1 Å². The fraction of sp³-hybridized carbons (Fsp3) is 0.632. The van der Waals surface area contributed by atoms with Gasteiger partial charge in [0.25, 0.3) is 5.56 Å². The van der Waals surface area contributed by atoms with Crippen LogP contribution < -0.4 is 11.3 Å². The molecule has 0 aromatic carbocycles. The molecule has 2 unspecified atom stereocenters. The Morgan fingerprint density at radius 2 is 1.96 bits per heavy atom. The van der Waals surface area contributed by atoms with E-state index in [0.717, 1.165) is 18.4 Å². The summed E-state index contributed by atoms with van der Waals surface area (Å²) in [5, 5.41) is 17.9. The van der Waals surface area contributed by atoms with Crippen LogP contribution >= 0.6 is 0 Å². The smallest absolute Gasteiger partial charge is 0.308 e. The van der Waals surface area contributed by atoms with Crippen molar-refractivity contribution in [1.82, 2.24) is 14.5 Å². The number of aromatic nitrogens is 3. The first-order chi connectivity index (χ1) is 13.0. The molecule has 0 bridgehead atoms. The fourth-order valence-corrected chi connectivity index (χ4v) is 2.60. The highest BCUT2D eigenvalue weighted by molar-refractivity contribution is 5.80. The summed E-state index contributed by atoms with van der Waals surface area (Å²) in [5.74, 6) is -0.666. The van der Waals surface area contributed by atoms with Crippen molar-refractivity contribution < 1.29 is 19.7 Å². The van der Waals surface area contributed by atoms with E-state index in [1.165, 1.54) is 0 Å². The van der Waals surface area contributed by atoms with Crippen molar-refractivity contribution in [2.24, 2.45) is 5.41 Å². The van der Waals surface area contributed by atoms with E-state index in [1.807, 2.05) is 31.5 Å². The Hall–Kier alpha value is -2.39. The van der Waals surface area contributed by atoms with Crippen LogP contribution in [0.15, 0.2) is 11.0 Å². The van der Waals surface area contributed by atoms with Crippen molar-refractivity contribution in [2.75, 3.05) is 12.3 Å². The third-order valence-corrected chi connectivity index (χ3v) is 4.13. The summed E-state index contributed by atoms with van der Waals surface area (Å²) in [4.78, 5) is 28.6. The van der Waals surface area contributed by atoms with Crippen molar-refractivity contribution >= 4 is 23.0 Å². The summed E-state index contributed by atoms with van der Waals surface area (Å²) in [6, 6.07) is 0. The highest BCUT2D eigenvalue weighted by atomic mass is 16.5. The molecule has 9 heteroatoms. The van der Waals surface area contributed by atoms with Crippen molar-refractivity contribution in [3.8, 4) is 0 Å². The number of fused-ring (bicyclic) bond motifs is 1. The molecule has 0 aliphatic carbocycles. The molecular formula is C19H32N4O5. The van der Waals surface area contributed by atoms with E-state index in [1.54, 1.807) is 20.8 Å². The minimum absolute atomic E-state index is 0.00480. The highest BCUT2D eigenvalue weighted by Crippen LogP contribution is 2.31. The number of nitrogens with two attached hydrogens (primary N) is 1. The number of nitrogens with one attached hydrogen (secondary N) is 1. The van der Waals surface area contributed by atoms with E-state index in [0.29, 0.717) is 11.0 Å². The van der Waals surface area contributed by atoms with Gasteiger partial charge in [-0.25, -0.2) is 0 Å². The number of aliphatic carboxylic acids is 1. The molecule has 3 rings (SSSR count). The maximum Gasteiger partial charge on any atom is 0.308 e. The van der Waals surface area contributed by atoms with Crippen LogP contribution in [-0.4, -0.2) is 43.4 Å². The number of aromatic amines is 1. The molecule has 1 aliphatic rings. The van der Waals surface area contributed by atoms with Crippen molar-refractivity contribution in [1.29, 1.82) is 0 Å². The van der Waals surface area contributed by atoms with Gasteiger partial charge in [-0.2, -0.15) is 4.98 Å². The van der Waals surface area contributed by atoms with E-state index in [4.69, 9.17) is 20.7 Å². The minimum Gasteiger partial charge on any atom is -0.481 e. The number of nitrogens with zero attached hydrogens (tertiary/aromatic N) is 2. The molecule has 2 aromatic rings. The maximum absolute atomic E-state index is 11.9. The number of nitrogen functional groups attached to an aromatic ring is 1. The summed E-state index contributed by atoms with van der Waals surface area (Å²) < 4.78 is 7.54. The number of anilines is 1. The summed E-state index contributed by atoms with van der Waals surface area (Å²) >= 11 is 0. The second-order valence-corrected chi connectivity index (χ2v) is 7.40. The Balaban J connectivity index is 0.000000372. The lowest BCUT2D eigenvalue weighted by atomic mass is 9.98. The highest BCUT2D eigenvalue weighted by Gasteiger charge is 2.28. The number of aryl methyl sites for hydroxylation is 1. The molecule has 0 radical (unpaired) electrons. The Kier molecular flexibility index (Phi) is 8.19. The van der Waals surface area contributed by atoms with E-state index < -0.39 is 11.4 Å². The Morgan fingerprint density at radius 3 is 2.43 bits per heavy atom. The van der Waals surface area contributed by atoms with Gasteiger partial charge in [0.2, 0.25) is 5.95 Å². The van der Waals surface area contributed by atoms with Crippen LogP contribution in [0.5, 0.6) is 0 Å². The van der Waals surface area contributed by atoms with E-state index in [2.05, 4.69) is 9.97 Å². The largest absolute Gasteiger partial charge is 0.481 e. The SMILES string of the molecule is CC.CC(C)(C)C(=O)O.Cc1cn(C2CCC(CO)O2)c2nc(N)[nH]c(=O)c12. The lowest BCUT2D eigenvalue weighted by Crippen LogP contribution is -2.18. The van der Waals surface area contributed by atoms with Crippen molar-refractivity contribution in [3.05, 3.63) is 22.1 Å². The van der Waals surface area contributed by atoms with Crippen LogP contribution in [-0.2, 0) is 9.53 Å². The molecule has 2 atom stereocenters. The zero-order chi connectivity index (χ0) is 21.6. The van der Waals surface area contributed by atoms with Gasteiger partial charge in [0, 0.05) is 6.20 Å². The predicted octanol–water partition coefficient (Wildman–Crippen LogP) is 2.43. The van der Waals surface area contributed by atoms with Crippen molar-refractivity contribution in [2.45, 2.75) is 66.7 Å². The maximum atomic E-state index is 11.9. The monoisotopic (exact) mass is 396 g/mol. The molecule has 9 nitrogen and oxygen atoms in total. The molecule has 1 aliphatic heterocycles. The zero-order valence-corrected chi connectivity index (χ0v) is 17.4. The normalized spacial score (nSPS) is 18.8. The number of carboxylic acids is 1. The number of carboxylic acid groups (broad SMARTS) is 1. The molecule has 3 heterocycles. The average molecular weight is 396 g/mol. The van der Waals surface area contributed by atoms with Crippen LogP contribution in [0.1, 0.15) is 59.3 Å². The first-order valence-electron chi connectivity index (χ1n) is 9.41. The Morgan fingerprint density at radius 1 is 1.39 bits per heavy atom. The van der Waals surface area contributed by atoms with E-state index in [9.17, 15) is 9.59 Å². The Labute approximate surface area is 164 Å². The second kappa shape index (κ2) is 9.70. The number of hydrogen-bond acceptors (Lipinski definition) is 6. The number of aliphatic hydroxyl groups is 1. The number of ether oxygens (including phenoxy) is 1. The van der Waals surface area contributed by atoms with Gasteiger partial charge in [-0.1, -0.05) is 13.8 Å². The molecule has 0 saturated carbocycles. The van der Waals surface area contributed by atoms with Crippen LogP contribution in [0.4, 0.5) is 5.95 Å². The predicted molar refractivity (Wildman–Crippen MR) is 108 cm³/mol. The topological polar surface area (TPSA) is 143 Å². The molecule has 2 aromatic heterocycles. The molecular weight excluding hydrogens is 364 g/mol. The van der Waals surface area contributed by atoms with Gasteiger partial charge in [0.05, 0.1) is 23.5 Å². The van der Waals surface area contributed by atoms with Crippen LogP contribution in [0.3, 0.4) is 0 Å². The number of carbonyl (C=O) groups is 1. The number of aliphatic hydroxyl groups excluding tert-OH is 1. The minimum atomic E-state index is -0.757. The molecule has 28 heavy (non-hydrogen) atoms. The van der Waals surface area contributed by atoms with Crippen LogP contribution in [0, 0.1) is 12.3 Å². The third-order valence-electron chi connectivity index (χ3n) is 4.13. The molecule has 5 N–H and O–H groups in total. The standard InChI is InChI=1S/C12H16N4O3.C5H10O2.C2H6/c1-6-4-16(8-3-2-7(5-17)19-8)10-9(6)11(18)15-12(13)14-10;1-5(2,3)4(6)7;1-2/h4,7-8,17H,2-3,5H2,1H3,(H3,13,14,15,18);1-3H3,(H,6,7);1-2H3. The summed E-state index contributed by atoms with van der Waals surface area (Å²) in [7, 11) is 0. The number of H-pyrrole nitrogens is 1. The molecule has 1 saturated heterocycles. The third kappa shape index (κ3) is 5.56. The van der Waals surface area contributed by atoms with Crippen LogP contribution in [0.25, 0.3) is 11.0 Å². The van der Waals surface area contributed by atoms with E-state index >= 15 is 0 Å². The van der Waals surface area contributed by atoms with Crippen LogP contribution in [0.2, 0.25) is 0 Å². The van der Waals surface area contributed by atoms with Gasteiger partial charge >= 0.3 is 5.97 Å². The van der Waals surface area contributed by atoms with Crippen molar-refractivity contribution in [3.63, 3.8) is 0 Å². The van der Waals surface area contributed by atoms with Gasteiger partial charge in [0.1, 0.15) is 6.23 Å². The number of hydrogen-bond donors (Lipinski definition) is 4. The van der Waals surface area contributed by atoms with Gasteiger partial charge in [-0.3, -0.25) is 14.6 Å². The fourth-order valence-electron chi connectivity index (χ4n) is 2.60. The number of rotatable bonds is 2. The van der Waals surface area contributed by atoms with E-state index in [-0.39, 0.29) is 30.4 Å². The lowest BCUT2D eigenvalue weighted by molar-refractivity contribution is -0.145. The molecule has 1 fully saturated rings.